The number of anilines is 2. The zero-order valence-corrected chi connectivity index (χ0v) is 15.3. The summed E-state index contributed by atoms with van der Waals surface area (Å²) in [7, 11) is 3.88. The van der Waals surface area contributed by atoms with Gasteiger partial charge in [-0.2, -0.15) is 0 Å². The number of carbonyl (C=O) groups excluding carboxylic acids is 2. The Hall–Kier alpha value is -3.02. The Kier molecular flexibility index (Phi) is 7.02. The first-order valence-electron chi connectivity index (χ1n) is 8.36. The molecule has 0 radical (unpaired) electrons. The molecule has 0 aromatic heterocycles. The fourth-order valence-electron chi connectivity index (χ4n) is 2.22. The molecule has 26 heavy (non-hydrogen) atoms. The standard InChI is InChI=1S/C20H24N2O4/c1-15-5-4-6-18(13-15)25-12-11-20(24)26-14-19(23)21-16-7-9-17(10-8-16)22(2)3/h4-10,13H,11-12,14H2,1-3H3,(H,21,23). The number of esters is 1. The number of amides is 1. The van der Waals surface area contributed by atoms with Gasteiger partial charge in [0.05, 0.1) is 13.0 Å². The third-order valence-corrected chi connectivity index (χ3v) is 3.60. The second kappa shape index (κ2) is 9.46. The smallest absolute Gasteiger partial charge is 0.309 e. The lowest BCUT2D eigenvalue weighted by atomic mass is 10.2. The van der Waals surface area contributed by atoms with Gasteiger partial charge in [-0.3, -0.25) is 9.59 Å². The van der Waals surface area contributed by atoms with E-state index >= 15 is 0 Å². The van der Waals surface area contributed by atoms with E-state index in [1.807, 2.05) is 62.3 Å². The Morgan fingerprint density at radius 2 is 1.81 bits per heavy atom. The van der Waals surface area contributed by atoms with Crippen LogP contribution < -0.4 is 15.0 Å². The van der Waals surface area contributed by atoms with E-state index in [1.165, 1.54) is 0 Å². The van der Waals surface area contributed by atoms with Gasteiger partial charge in [-0.25, -0.2) is 0 Å². The predicted octanol–water partition coefficient (Wildman–Crippen LogP) is 3.01. The number of hydrogen-bond donors (Lipinski definition) is 1. The molecular weight excluding hydrogens is 332 g/mol. The average Bonchev–Trinajstić information content (AvgIpc) is 2.60. The summed E-state index contributed by atoms with van der Waals surface area (Å²) in [6.45, 7) is 1.85. The van der Waals surface area contributed by atoms with Crippen LogP contribution in [0.25, 0.3) is 0 Å². The van der Waals surface area contributed by atoms with E-state index in [-0.39, 0.29) is 25.5 Å². The van der Waals surface area contributed by atoms with Crippen molar-refractivity contribution in [1.82, 2.24) is 0 Å². The van der Waals surface area contributed by atoms with Gasteiger partial charge in [-0.05, 0) is 48.9 Å². The molecule has 0 bridgehead atoms. The highest BCUT2D eigenvalue weighted by atomic mass is 16.5. The van der Waals surface area contributed by atoms with E-state index in [0.717, 1.165) is 11.3 Å². The summed E-state index contributed by atoms with van der Waals surface area (Å²) >= 11 is 0. The second-order valence-corrected chi connectivity index (χ2v) is 6.07. The topological polar surface area (TPSA) is 67.9 Å². The first-order valence-corrected chi connectivity index (χ1v) is 8.36. The van der Waals surface area contributed by atoms with E-state index in [9.17, 15) is 9.59 Å². The minimum absolute atomic E-state index is 0.0821. The van der Waals surface area contributed by atoms with E-state index < -0.39 is 5.97 Å². The molecule has 0 aliphatic rings. The summed E-state index contributed by atoms with van der Waals surface area (Å²) in [6, 6.07) is 14.9. The Bertz CT molecular complexity index is 742. The highest BCUT2D eigenvalue weighted by Gasteiger charge is 2.08. The summed E-state index contributed by atoms with van der Waals surface area (Å²) in [6.07, 6.45) is 0.0821. The van der Waals surface area contributed by atoms with Crippen LogP contribution in [0.2, 0.25) is 0 Å². The molecule has 6 heteroatoms. The highest BCUT2D eigenvalue weighted by Crippen LogP contribution is 2.15. The van der Waals surface area contributed by atoms with Gasteiger partial charge in [0.2, 0.25) is 0 Å². The maximum Gasteiger partial charge on any atom is 0.309 e. The van der Waals surface area contributed by atoms with Crippen LogP contribution in [0, 0.1) is 6.92 Å². The van der Waals surface area contributed by atoms with Gasteiger partial charge in [0.25, 0.3) is 5.91 Å². The van der Waals surface area contributed by atoms with Crippen molar-refractivity contribution < 1.29 is 19.1 Å². The van der Waals surface area contributed by atoms with Gasteiger partial charge in [0.1, 0.15) is 5.75 Å². The van der Waals surface area contributed by atoms with Crippen LogP contribution in [-0.4, -0.2) is 39.2 Å². The number of benzene rings is 2. The van der Waals surface area contributed by atoms with E-state index in [1.54, 1.807) is 12.1 Å². The van der Waals surface area contributed by atoms with Gasteiger partial charge in [0, 0.05) is 25.5 Å². The third-order valence-electron chi connectivity index (χ3n) is 3.60. The Morgan fingerprint density at radius 1 is 1.08 bits per heavy atom. The molecule has 0 saturated carbocycles. The molecule has 2 rings (SSSR count). The van der Waals surface area contributed by atoms with Crippen LogP contribution in [0.4, 0.5) is 11.4 Å². The van der Waals surface area contributed by atoms with Gasteiger partial charge >= 0.3 is 5.97 Å². The van der Waals surface area contributed by atoms with Crippen molar-refractivity contribution in [3.8, 4) is 5.75 Å². The van der Waals surface area contributed by atoms with Gasteiger partial charge < -0.3 is 19.7 Å². The molecule has 0 spiro atoms. The molecule has 0 fully saturated rings. The zero-order chi connectivity index (χ0) is 18.9. The lowest BCUT2D eigenvalue weighted by molar-refractivity contribution is -0.147. The van der Waals surface area contributed by atoms with Crippen LogP contribution in [0.15, 0.2) is 48.5 Å². The van der Waals surface area contributed by atoms with E-state index in [2.05, 4.69) is 5.32 Å². The Labute approximate surface area is 153 Å². The number of nitrogens with zero attached hydrogens (tertiary/aromatic N) is 1. The minimum Gasteiger partial charge on any atom is -0.493 e. The Morgan fingerprint density at radius 3 is 2.46 bits per heavy atom. The van der Waals surface area contributed by atoms with Crippen LogP contribution >= 0.6 is 0 Å². The maximum atomic E-state index is 11.8. The van der Waals surface area contributed by atoms with Crippen molar-refractivity contribution in [2.45, 2.75) is 13.3 Å². The van der Waals surface area contributed by atoms with Crippen molar-refractivity contribution in [3.63, 3.8) is 0 Å². The van der Waals surface area contributed by atoms with Gasteiger partial charge in [-0.15, -0.1) is 0 Å². The Balaban J connectivity index is 1.67. The van der Waals surface area contributed by atoms with Crippen LogP contribution in [0.5, 0.6) is 5.75 Å². The van der Waals surface area contributed by atoms with E-state index in [4.69, 9.17) is 9.47 Å². The largest absolute Gasteiger partial charge is 0.493 e. The number of rotatable bonds is 8. The molecule has 0 atom stereocenters. The molecule has 0 aliphatic carbocycles. The van der Waals surface area contributed by atoms with Crippen LogP contribution in [0.3, 0.4) is 0 Å². The fourth-order valence-corrected chi connectivity index (χ4v) is 2.22. The normalized spacial score (nSPS) is 10.1. The quantitative estimate of drug-likeness (QED) is 0.737. The summed E-state index contributed by atoms with van der Waals surface area (Å²) in [5, 5.41) is 2.69. The molecule has 1 amide bonds. The maximum absolute atomic E-state index is 11.8. The van der Waals surface area contributed by atoms with E-state index in [0.29, 0.717) is 11.4 Å². The molecule has 0 aliphatic heterocycles. The van der Waals surface area contributed by atoms with Crippen molar-refractivity contribution in [3.05, 3.63) is 54.1 Å². The minimum atomic E-state index is -0.476. The van der Waals surface area contributed by atoms with Crippen molar-refractivity contribution in [2.24, 2.45) is 0 Å². The SMILES string of the molecule is Cc1cccc(OCCC(=O)OCC(=O)Nc2ccc(N(C)C)cc2)c1. The lowest BCUT2D eigenvalue weighted by Crippen LogP contribution is -2.21. The lowest BCUT2D eigenvalue weighted by Gasteiger charge is -2.13. The monoisotopic (exact) mass is 356 g/mol. The second-order valence-electron chi connectivity index (χ2n) is 6.07. The van der Waals surface area contributed by atoms with Gasteiger partial charge in [-0.1, -0.05) is 12.1 Å². The van der Waals surface area contributed by atoms with Gasteiger partial charge in [0.15, 0.2) is 6.61 Å². The number of hydrogen-bond acceptors (Lipinski definition) is 5. The number of carbonyl (C=O) groups is 2. The average molecular weight is 356 g/mol. The fraction of sp³-hybridized carbons (Fsp3) is 0.300. The van der Waals surface area contributed by atoms with Crippen molar-refractivity contribution >= 4 is 23.3 Å². The first-order chi connectivity index (χ1) is 12.4. The summed E-state index contributed by atoms with van der Waals surface area (Å²) < 4.78 is 10.4. The summed E-state index contributed by atoms with van der Waals surface area (Å²) in [5.41, 5.74) is 2.77. The molecular formula is C20H24N2O4. The van der Waals surface area contributed by atoms with Crippen molar-refractivity contribution in [2.75, 3.05) is 37.5 Å². The summed E-state index contributed by atoms with van der Waals surface area (Å²) in [4.78, 5) is 25.5. The molecule has 0 saturated heterocycles. The molecule has 138 valence electrons. The molecule has 1 N–H and O–H groups in total. The number of ether oxygens (including phenoxy) is 2. The van der Waals surface area contributed by atoms with Crippen molar-refractivity contribution in [1.29, 1.82) is 0 Å². The predicted molar refractivity (Wildman–Crippen MR) is 102 cm³/mol. The number of aryl methyl sites for hydroxylation is 1. The highest BCUT2D eigenvalue weighted by molar-refractivity contribution is 5.92. The van der Waals surface area contributed by atoms with Crippen LogP contribution in [-0.2, 0) is 14.3 Å². The first kappa shape index (κ1) is 19.3. The molecule has 0 heterocycles. The van der Waals surface area contributed by atoms with Crippen LogP contribution in [0.1, 0.15) is 12.0 Å². The zero-order valence-electron chi connectivity index (χ0n) is 15.3. The molecule has 6 nitrogen and oxygen atoms in total. The molecule has 2 aromatic rings. The molecule has 0 unspecified atom stereocenters. The summed E-state index contributed by atoms with van der Waals surface area (Å²) in [5.74, 6) is -0.150. The third kappa shape index (κ3) is 6.47. The molecule has 2 aromatic carbocycles. The number of nitrogens with one attached hydrogen (secondary N) is 1.